The van der Waals surface area contributed by atoms with E-state index in [2.05, 4.69) is 20.6 Å². The van der Waals surface area contributed by atoms with E-state index in [0.29, 0.717) is 0 Å². The van der Waals surface area contributed by atoms with Crippen molar-refractivity contribution < 1.29 is 5.48 Å². The first-order valence-corrected chi connectivity index (χ1v) is 9.49. The van der Waals surface area contributed by atoms with Crippen molar-refractivity contribution in [3.63, 3.8) is 0 Å². The number of nitrogens with one attached hydrogen (secondary N) is 2. The zero-order valence-electron chi connectivity index (χ0n) is 15.0. The van der Waals surface area contributed by atoms with Crippen molar-refractivity contribution in [1.29, 1.82) is 0 Å². The van der Waals surface area contributed by atoms with Crippen molar-refractivity contribution in [3.05, 3.63) is 69.7 Å². The molecule has 0 saturated carbocycles. The molecule has 0 unspecified atom stereocenters. The lowest BCUT2D eigenvalue weighted by Crippen LogP contribution is -2.20. The lowest BCUT2D eigenvalue weighted by atomic mass is 10.1. The Labute approximate surface area is 169 Å². The average molecular weight is 407 g/mol. The van der Waals surface area contributed by atoms with Crippen molar-refractivity contribution in [2.24, 2.45) is 9.98 Å². The summed E-state index contributed by atoms with van der Waals surface area (Å²) >= 11 is 12.0. The van der Waals surface area contributed by atoms with Crippen LogP contribution in [0.15, 0.2) is 58.5 Å². The van der Waals surface area contributed by atoms with Crippen LogP contribution in [0, 0.1) is 0 Å². The molecule has 0 aromatic heterocycles. The summed E-state index contributed by atoms with van der Waals surface area (Å²) in [5, 5.41) is 8.08. The minimum Gasteiger partial charge on any atom is -0.412 e. The smallest absolute Gasteiger partial charge is 0.101 e. The van der Waals surface area contributed by atoms with Crippen LogP contribution in [0.4, 0.5) is 0 Å². The number of amidine groups is 2. The van der Waals surface area contributed by atoms with E-state index < -0.39 is 0 Å². The zero-order chi connectivity index (χ0) is 18.2. The van der Waals surface area contributed by atoms with Crippen molar-refractivity contribution >= 4 is 34.9 Å². The zero-order valence-corrected chi connectivity index (χ0v) is 16.5. The summed E-state index contributed by atoms with van der Waals surface area (Å²) in [5.41, 5.74) is 2.27. The third-order valence-corrected chi connectivity index (χ3v) is 4.86. The largest absolute Gasteiger partial charge is 0.412 e. The van der Waals surface area contributed by atoms with E-state index in [1.54, 1.807) is 0 Å². The number of aliphatic imine (C=N–C) groups is 2. The van der Waals surface area contributed by atoms with Gasteiger partial charge in [0.05, 0.1) is 13.1 Å². The van der Waals surface area contributed by atoms with Crippen molar-refractivity contribution in [3.8, 4) is 0 Å². The second-order valence-corrected chi connectivity index (χ2v) is 6.86. The SMILES string of the molecule is Clc1ccccc1CC1=NCCN1.Clc1ccccc1CC1=NCCN1.O. The summed E-state index contributed by atoms with van der Waals surface area (Å²) in [6, 6.07) is 15.8. The van der Waals surface area contributed by atoms with Crippen molar-refractivity contribution in [2.75, 3.05) is 26.2 Å². The van der Waals surface area contributed by atoms with Crippen LogP contribution in [0.3, 0.4) is 0 Å². The first-order chi connectivity index (χ1) is 12.7. The highest BCUT2D eigenvalue weighted by Gasteiger charge is 2.08. The molecular weight excluding hydrogens is 383 g/mol. The Kier molecular flexibility index (Phi) is 8.58. The van der Waals surface area contributed by atoms with Crippen LogP contribution in [-0.2, 0) is 12.8 Å². The van der Waals surface area contributed by atoms with Gasteiger partial charge in [0, 0.05) is 36.0 Å². The molecule has 2 aromatic rings. The summed E-state index contributed by atoms with van der Waals surface area (Å²) in [5.74, 6) is 2.10. The summed E-state index contributed by atoms with van der Waals surface area (Å²) in [7, 11) is 0. The Hall–Kier alpha value is -2.08. The van der Waals surface area contributed by atoms with E-state index >= 15 is 0 Å². The molecule has 2 aromatic carbocycles. The molecule has 0 spiro atoms. The molecule has 4 N–H and O–H groups in total. The molecule has 27 heavy (non-hydrogen) atoms. The topological polar surface area (TPSA) is 80.3 Å². The lowest BCUT2D eigenvalue weighted by Gasteiger charge is -2.03. The molecular formula is C20H24Cl2N4O. The summed E-state index contributed by atoms with van der Waals surface area (Å²) in [6.45, 7) is 3.69. The first kappa shape index (κ1) is 21.2. The van der Waals surface area contributed by atoms with Crippen LogP contribution in [-0.4, -0.2) is 43.3 Å². The number of rotatable bonds is 4. The quantitative estimate of drug-likeness (QED) is 0.817. The second kappa shape index (κ2) is 10.9. The Balaban J connectivity index is 0.000000187. The van der Waals surface area contributed by atoms with Crippen LogP contribution in [0.2, 0.25) is 10.0 Å². The van der Waals surface area contributed by atoms with Gasteiger partial charge in [0.2, 0.25) is 0 Å². The molecule has 0 atom stereocenters. The van der Waals surface area contributed by atoms with E-state index in [0.717, 1.165) is 71.9 Å². The summed E-state index contributed by atoms with van der Waals surface area (Å²) in [4.78, 5) is 8.64. The van der Waals surface area contributed by atoms with Crippen LogP contribution in [0.1, 0.15) is 11.1 Å². The molecule has 0 aliphatic carbocycles. The van der Waals surface area contributed by atoms with Gasteiger partial charge in [-0.15, -0.1) is 0 Å². The Bertz CT molecular complexity index is 741. The van der Waals surface area contributed by atoms with Gasteiger partial charge in [0.25, 0.3) is 0 Å². The van der Waals surface area contributed by atoms with Gasteiger partial charge in [-0.1, -0.05) is 59.6 Å². The summed E-state index contributed by atoms with van der Waals surface area (Å²) < 4.78 is 0. The second-order valence-electron chi connectivity index (χ2n) is 6.05. The van der Waals surface area contributed by atoms with Gasteiger partial charge in [-0.2, -0.15) is 0 Å². The molecule has 0 fully saturated rings. The van der Waals surface area contributed by atoms with Crippen molar-refractivity contribution in [1.82, 2.24) is 10.6 Å². The van der Waals surface area contributed by atoms with E-state index in [1.165, 1.54) is 0 Å². The minimum atomic E-state index is 0. The first-order valence-electron chi connectivity index (χ1n) is 8.73. The molecule has 5 nitrogen and oxygen atoms in total. The predicted octanol–water partition coefficient (Wildman–Crippen LogP) is 2.94. The number of nitrogens with zero attached hydrogens (tertiary/aromatic N) is 2. The van der Waals surface area contributed by atoms with E-state index in [9.17, 15) is 0 Å². The molecule has 4 rings (SSSR count). The molecule has 0 radical (unpaired) electrons. The van der Waals surface area contributed by atoms with Gasteiger partial charge in [-0.25, -0.2) is 0 Å². The van der Waals surface area contributed by atoms with Gasteiger partial charge in [-0.05, 0) is 23.3 Å². The lowest BCUT2D eigenvalue weighted by molar-refractivity contribution is 0.824. The fourth-order valence-corrected chi connectivity index (χ4v) is 3.18. The van der Waals surface area contributed by atoms with E-state index in [-0.39, 0.29) is 5.48 Å². The number of benzene rings is 2. The Morgan fingerprint density at radius 3 is 1.44 bits per heavy atom. The highest BCUT2D eigenvalue weighted by molar-refractivity contribution is 6.31. The fourth-order valence-electron chi connectivity index (χ4n) is 2.78. The predicted molar refractivity (Wildman–Crippen MR) is 115 cm³/mol. The fraction of sp³-hybridized carbons (Fsp3) is 0.300. The molecule has 0 amide bonds. The normalized spacial score (nSPS) is 14.7. The molecule has 144 valence electrons. The maximum absolute atomic E-state index is 6.02. The molecule has 0 bridgehead atoms. The molecule has 7 heteroatoms. The molecule has 2 heterocycles. The minimum absolute atomic E-state index is 0. The van der Waals surface area contributed by atoms with Gasteiger partial charge < -0.3 is 16.1 Å². The average Bonchev–Trinajstić information content (AvgIpc) is 3.34. The van der Waals surface area contributed by atoms with Gasteiger partial charge in [-0.3, -0.25) is 9.98 Å². The van der Waals surface area contributed by atoms with E-state index in [4.69, 9.17) is 23.2 Å². The Morgan fingerprint density at radius 1 is 0.704 bits per heavy atom. The van der Waals surface area contributed by atoms with Crippen LogP contribution in [0.5, 0.6) is 0 Å². The molecule has 0 saturated heterocycles. The highest BCUT2D eigenvalue weighted by Crippen LogP contribution is 2.16. The maximum atomic E-state index is 6.02. The van der Waals surface area contributed by atoms with Crippen LogP contribution in [0.25, 0.3) is 0 Å². The summed E-state index contributed by atoms with van der Waals surface area (Å²) in [6.07, 6.45) is 1.64. The van der Waals surface area contributed by atoms with Crippen LogP contribution < -0.4 is 10.6 Å². The monoisotopic (exact) mass is 406 g/mol. The van der Waals surface area contributed by atoms with E-state index in [1.807, 2.05) is 48.5 Å². The van der Waals surface area contributed by atoms with Gasteiger partial charge in [0.1, 0.15) is 11.7 Å². The maximum Gasteiger partial charge on any atom is 0.101 e. The van der Waals surface area contributed by atoms with Crippen molar-refractivity contribution in [2.45, 2.75) is 12.8 Å². The third kappa shape index (κ3) is 6.54. The number of halogens is 2. The van der Waals surface area contributed by atoms with Crippen LogP contribution >= 0.6 is 23.2 Å². The van der Waals surface area contributed by atoms with Gasteiger partial charge >= 0.3 is 0 Å². The number of hydrogen-bond donors (Lipinski definition) is 2. The number of hydrogen-bond acceptors (Lipinski definition) is 4. The molecule has 2 aliphatic rings. The van der Waals surface area contributed by atoms with Gasteiger partial charge in [0.15, 0.2) is 0 Å². The Morgan fingerprint density at radius 2 is 1.11 bits per heavy atom. The third-order valence-electron chi connectivity index (χ3n) is 4.12. The highest BCUT2D eigenvalue weighted by atomic mass is 35.5. The molecule has 2 aliphatic heterocycles. The standard InChI is InChI=1S/2C10H11ClN2.H2O/c2*11-9-4-2-1-3-8(9)7-10-12-5-6-13-10;/h2*1-4H,5-7H2,(H,12,13);1H2.